The summed E-state index contributed by atoms with van der Waals surface area (Å²) in [6.45, 7) is 6.26. The smallest absolute Gasteiger partial charge is 0.181 e. The van der Waals surface area contributed by atoms with Crippen LogP contribution in [0.1, 0.15) is 54.6 Å². The summed E-state index contributed by atoms with van der Waals surface area (Å²) in [5.41, 5.74) is 5.29. The second-order valence-corrected chi connectivity index (χ2v) is 8.34. The molecule has 0 unspecified atom stereocenters. The highest BCUT2D eigenvalue weighted by Crippen LogP contribution is 2.40. The summed E-state index contributed by atoms with van der Waals surface area (Å²) < 4.78 is 1.84. The number of tetrazole rings is 1. The molecule has 2 aromatic carbocycles. The van der Waals surface area contributed by atoms with E-state index in [-0.39, 0.29) is 5.54 Å². The average Bonchev–Trinajstić information content (AvgIpc) is 3.18. The molecule has 1 aliphatic carbocycles. The van der Waals surface area contributed by atoms with Crippen LogP contribution in [0.5, 0.6) is 0 Å². The quantitative estimate of drug-likeness (QED) is 0.632. The normalized spacial score (nSPS) is 16.1. The molecule has 1 fully saturated rings. The van der Waals surface area contributed by atoms with Gasteiger partial charge in [-0.05, 0) is 73.4 Å². The highest BCUT2D eigenvalue weighted by molar-refractivity contribution is 6.31. The molecule has 5 nitrogen and oxygen atoms in total. The van der Waals surface area contributed by atoms with Gasteiger partial charge in [-0.1, -0.05) is 54.6 Å². The minimum atomic E-state index is -0.293. The topological polar surface area (TPSA) is 55.6 Å². The molecule has 4 rings (SSSR count). The van der Waals surface area contributed by atoms with Crippen molar-refractivity contribution in [2.24, 2.45) is 0 Å². The van der Waals surface area contributed by atoms with E-state index < -0.39 is 0 Å². The van der Waals surface area contributed by atoms with Gasteiger partial charge in [0, 0.05) is 10.7 Å². The predicted molar refractivity (Wildman–Crippen MR) is 113 cm³/mol. The summed E-state index contributed by atoms with van der Waals surface area (Å²) in [5.74, 6) is 0.854. The Labute approximate surface area is 171 Å². The SMILES string of the molecule is Cc1ccc(NC2(c3nnnn3-c3ccc(C)c(Cl)c3)CCCCC2)c(C)c1. The van der Waals surface area contributed by atoms with Crippen molar-refractivity contribution >= 4 is 17.3 Å². The van der Waals surface area contributed by atoms with Gasteiger partial charge in [-0.3, -0.25) is 0 Å². The Hall–Kier alpha value is -2.40. The van der Waals surface area contributed by atoms with Gasteiger partial charge >= 0.3 is 0 Å². The van der Waals surface area contributed by atoms with Gasteiger partial charge in [0.25, 0.3) is 0 Å². The van der Waals surface area contributed by atoms with E-state index >= 15 is 0 Å². The van der Waals surface area contributed by atoms with E-state index in [1.165, 1.54) is 17.5 Å². The van der Waals surface area contributed by atoms with Crippen molar-refractivity contribution in [3.05, 3.63) is 63.9 Å². The molecule has 1 heterocycles. The lowest BCUT2D eigenvalue weighted by Gasteiger charge is -2.38. The average molecular weight is 396 g/mol. The van der Waals surface area contributed by atoms with E-state index in [4.69, 9.17) is 11.6 Å². The maximum absolute atomic E-state index is 6.37. The predicted octanol–water partition coefficient (Wildman–Crippen LogP) is 5.51. The first kappa shape index (κ1) is 18.9. The number of nitrogens with one attached hydrogen (secondary N) is 1. The standard InChI is InChI=1S/C22H26ClN5/c1-15-7-10-20(17(3)13-15)24-22(11-5-4-6-12-22)21-25-26-27-28(21)18-9-8-16(2)19(23)14-18/h7-10,13-14,24H,4-6,11-12H2,1-3H3. The summed E-state index contributed by atoms with van der Waals surface area (Å²) in [7, 11) is 0. The van der Waals surface area contributed by atoms with Crippen LogP contribution >= 0.6 is 11.6 Å². The Morgan fingerprint density at radius 1 is 0.964 bits per heavy atom. The van der Waals surface area contributed by atoms with E-state index in [2.05, 4.69) is 52.9 Å². The first-order chi connectivity index (χ1) is 13.5. The molecule has 1 aromatic heterocycles. The number of nitrogens with zero attached hydrogens (tertiary/aromatic N) is 4. The van der Waals surface area contributed by atoms with E-state index in [1.54, 1.807) is 0 Å². The van der Waals surface area contributed by atoms with Crippen molar-refractivity contribution in [3.8, 4) is 5.69 Å². The number of hydrogen-bond acceptors (Lipinski definition) is 4. The fraction of sp³-hybridized carbons (Fsp3) is 0.409. The number of benzene rings is 2. The monoisotopic (exact) mass is 395 g/mol. The maximum atomic E-state index is 6.37. The third-order valence-electron chi connectivity index (χ3n) is 5.76. The van der Waals surface area contributed by atoms with E-state index in [0.29, 0.717) is 0 Å². The van der Waals surface area contributed by atoms with Gasteiger partial charge in [0.05, 0.1) is 11.2 Å². The van der Waals surface area contributed by atoms with Crippen LogP contribution < -0.4 is 5.32 Å². The molecule has 1 saturated carbocycles. The Bertz CT molecular complexity index is 988. The van der Waals surface area contributed by atoms with Crippen molar-refractivity contribution in [2.45, 2.75) is 58.4 Å². The third kappa shape index (κ3) is 3.51. The van der Waals surface area contributed by atoms with Crippen molar-refractivity contribution in [1.82, 2.24) is 20.2 Å². The maximum Gasteiger partial charge on any atom is 0.181 e. The molecule has 0 aliphatic heterocycles. The van der Waals surface area contributed by atoms with Gasteiger partial charge in [0.2, 0.25) is 0 Å². The Morgan fingerprint density at radius 2 is 1.75 bits per heavy atom. The lowest BCUT2D eigenvalue weighted by molar-refractivity contribution is 0.309. The van der Waals surface area contributed by atoms with Gasteiger partial charge in [0.15, 0.2) is 5.82 Å². The molecule has 0 radical (unpaired) electrons. The lowest BCUT2D eigenvalue weighted by atomic mass is 9.80. The molecular formula is C22H26ClN5. The number of anilines is 1. The van der Waals surface area contributed by atoms with Crippen LogP contribution in [0.3, 0.4) is 0 Å². The molecule has 28 heavy (non-hydrogen) atoms. The van der Waals surface area contributed by atoms with Gasteiger partial charge in [-0.2, -0.15) is 4.68 Å². The van der Waals surface area contributed by atoms with Crippen molar-refractivity contribution in [3.63, 3.8) is 0 Å². The number of aryl methyl sites for hydroxylation is 3. The van der Waals surface area contributed by atoms with Gasteiger partial charge in [-0.15, -0.1) is 5.10 Å². The minimum Gasteiger partial charge on any atom is -0.372 e. The molecule has 0 bridgehead atoms. The van der Waals surface area contributed by atoms with Crippen LogP contribution in [-0.4, -0.2) is 20.2 Å². The van der Waals surface area contributed by atoms with Gasteiger partial charge in [-0.25, -0.2) is 0 Å². The fourth-order valence-corrected chi connectivity index (χ4v) is 4.32. The van der Waals surface area contributed by atoms with Crippen molar-refractivity contribution in [2.75, 3.05) is 5.32 Å². The molecular weight excluding hydrogens is 370 g/mol. The van der Waals surface area contributed by atoms with Crippen LogP contribution in [-0.2, 0) is 5.54 Å². The first-order valence-electron chi connectivity index (χ1n) is 9.89. The molecule has 1 N–H and O–H groups in total. The number of hydrogen-bond donors (Lipinski definition) is 1. The molecule has 146 valence electrons. The summed E-state index contributed by atoms with van der Waals surface area (Å²) in [6.07, 6.45) is 5.55. The second kappa shape index (κ2) is 7.55. The Balaban J connectivity index is 1.78. The second-order valence-electron chi connectivity index (χ2n) is 7.93. The van der Waals surface area contributed by atoms with Gasteiger partial charge in [0.1, 0.15) is 0 Å². The van der Waals surface area contributed by atoms with E-state index in [1.807, 2.05) is 29.8 Å². The zero-order valence-electron chi connectivity index (χ0n) is 16.7. The molecule has 0 atom stereocenters. The zero-order chi connectivity index (χ0) is 19.7. The summed E-state index contributed by atoms with van der Waals surface area (Å²) in [6, 6.07) is 12.5. The zero-order valence-corrected chi connectivity index (χ0v) is 17.4. The molecule has 0 spiro atoms. The number of aromatic nitrogens is 4. The van der Waals surface area contributed by atoms with Crippen LogP contribution in [0.2, 0.25) is 5.02 Å². The molecule has 1 aliphatic rings. The lowest BCUT2D eigenvalue weighted by Crippen LogP contribution is -2.40. The van der Waals surface area contributed by atoms with Crippen LogP contribution in [0.4, 0.5) is 5.69 Å². The largest absolute Gasteiger partial charge is 0.372 e. The summed E-state index contributed by atoms with van der Waals surface area (Å²) >= 11 is 6.37. The van der Waals surface area contributed by atoms with Crippen LogP contribution in [0.25, 0.3) is 5.69 Å². The highest BCUT2D eigenvalue weighted by atomic mass is 35.5. The number of halogens is 1. The minimum absolute atomic E-state index is 0.293. The van der Waals surface area contributed by atoms with Gasteiger partial charge < -0.3 is 5.32 Å². The molecule has 6 heteroatoms. The first-order valence-corrected chi connectivity index (χ1v) is 10.3. The molecule has 0 amide bonds. The molecule has 3 aromatic rings. The Morgan fingerprint density at radius 3 is 2.46 bits per heavy atom. The summed E-state index contributed by atoms with van der Waals surface area (Å²) in [4.78, 5) is 0. The number of rotatable bonds is 4. The van der Waals surface area contributed by atoms with E-state index in [0.717, 1.165) is 53.5 Å². The molecule has 0 saturated heterocycles. The fourth-order valence-electron chi connectivity index (χ4n) is 4.14. The van der Waals surface area contributed by atoms with Crippen molar-refractivity contribution < 1.29 is 0 Å². The summed E-state index contributed by atoms with van der Waals surface area (Å²) in [5, 5.41) is 17.4. The Kier molecular flexibility index (Phi) is 5.11. The van der Waals surface area contributed by atoms with Crippen LogP contribution in [0, 0.1) is 20.8 Å². The third-order valence-corrected chi connectivity index (χ3v) is 6.17. The highest BCUT2D eigenvalue weighted by Gasteiger charge is 2.39. The van der Waals surface area contributed by atoms with Crippen molar-refractivity contribution in [1.29, 1.82) is 0 Å². The van der Waals surface area contributed by atoms with E-state index in [9.17, 15) is 0 Å². The van der Waals surface area contributed by atoms with Crippen LogP contribution in [0.15, 0.2) is 36.4 Å².